The molecule has 2 rings (SSSR count). The van der Waals surface area contributed by atoms with Gasteiger partial charge in [-0.25, -0.2) is 13.6 Å². The Morgan fingerprint density at radius 3 is 2.59 bits per heavy atom. The predicted molar refractivity (Wildman–Crippen MR) is 55.6 cm³/mol. The maximum Gasteiger partial charge on any atom is 0.353 e. The second kappa shape index (κ2) is 3.97. The van der Waals surface area contributed by atoms with Gasteiger partial charge in [0.1, 0.15) is 5.69 Å². The fraction of sp³-hybridized carbons (Fsp3) is 0.0909. The maximum absolute atomic E-state index is 13.2. The summed E-state index contributed by atoms with van der Waals surface area (Å²) in [7, 11) is 0. The normalized spacial score (nSPS) is 10.5. The molecule has 0 saturated heterocycles. The van der Waals surface area contributed by atoms with E-state index in [4.69, 9.17) is 5.11 Å². The van der Waals surface area contributed by atoms with Crippen LogP contribution in [0.3, 0.4) is 0 Å². The number of hydrogen-bond donors (Lipinski definition) is 2. The van der Waals surface area contributed by atoms with Crippen molar-refractivity contribution in [1.29, 1.82) is 0 Å². The molecular formula is C11H8F2N2O2. The lowest BCUT2D eigenvalue weighted by molar-refractivity contribution is 0.0690. The maximum atomic E-state index is 13.2. The number of aromatic amines is 1. The quantitative estimate of drug-likeness (QED) is 0.844. The summed E-state index contributed by atoms with van der Waals surface area (Å²) in [6.07, 6.45) is 0. The minimum absolute atomic E-state index is 0.109. The lowest BCUT2D eigenvalue weighted by Crippen LogP contribution is -1.95. The zero-order chi connectivity index (χ0) is 12.6. The molecule has 88 valence electrons. The average Bonchev–Trinajstić information content (AvgIpc) is 2.74. The molecular weight excluding hydrogens is 230 g/mol. The van der Waals surface area contributed by atoms with E-state index in [1.807, 2.05) is 0 Å². The van der Waals surface area contributed by atoms with Crippen molar-refractivity contribution in [3.05, 3.63) is 41.1 Å². The van der Waals surface area contributed by atoms with E-state index in [-0.39, 0.29) is 17.0 Å². The van der Waals surface area contributed by atoms with Gasteiger partial charge in [0, 0.05) is 5.56 Å². The van der Waals surface area contributed by atoms with Gasteiger partial charge in [-0.2, -0.15) is 5.10 Å². The zero-order valence-electron chi connectivity index (χ0n) is 8.79. The summed E-state index contributed by atoms with van der Waals surface area (Å²) in [6.45, 7) is 1.42. The van der Waals surface area contributed by atoms with Crippen LogP contribution in [0.25, 0.3) is 11.3 Å². The van der Waals surface area contributed by atoms with Gasteiger partial charge in [-0.15, -0.1) is 0 Å². The van der Waals surface area contributed by atoms with Crippen molar-refractivity contribution in [2.24, 2.45) is 0 Å². The van der Waals surface area contributed by atoms with E-state index in [0.717, 1.165) is 6.07 Å². The molecule has 2 N–H and O–H groups in total. The Morgan fingerprint density at radius 2 is 2.06 bits per heavy atom. The molecule has 0 bridgehead atoms. The van der Waals surface area contributed by atoms with Gasteiger partial charge < -0.3 is 5.11 Å². The first-order valence-electron chi connectivity index (χ1n) is 4.73. The van der Waals surface area contributed by atoms with Gasteiger partial charge in [0.05, 0.1) is 5.69 Å². The summed E-state index contributed by atoms with van der Waals surface area (Å²) >= 11 is 0. The molecule has 0 aliphatic heterocycles. The molecule has 0 atom stereocenters. The highest BCUT2D eigenvalue weighted by atomic mass is 19.2. The Bertz CT molecular complexity index is 570. The largest absolute Gasteiger partial charge is 0.477 e. The smallest absolute Gasteiger partial charge is 0.353 e. The van der Waals surface area contributed by atoms with E-state index in [9.17, 15) is 13.6 Å². The Balaban J connectivity index is 2.49. The number of aromatic nitrogens is 2. The minimum Gasteiger partial charge on any atom is -0.477 e. The molecule has 6 heteroatoms. The van der Waals surface area contributed by atoms with Gasteiger partial charge in [-0.1, -0.05) is 0 Å². The number of carboxylic acid groups (broad SMARTS) is 1. The van der Waals surface area contributed by atoms with Crippen molar-refractivity contribution in [3.63, 3.8) is 0 Å². The summed E-state index contributed by atoms with van der Waals surface area (Å²) in [4.78, 5) is 10.6. The second-order valence-corrected chi connectivity index (χ2v) is 3.56. The Labute approximate surface area is 94.9 Å². The summed E-state index contributed by atoms with van der Waals surface area (Å²) in [5, 5.41) is 14.7. The number of rotatable bonds is 2. The molecule has 4 nitrogen and oxygen atoms in total. The van der Waals surface area contributed by atoms with Crippen molar-refractivity contribution in [1.82, 2.24) is 10.2 Å². The van der Waals surface area contributed by atoms with Crippen LogP contribution < -0.4 is 0 Å². The third-order valence-electron chi connectivity index (χ3n) is 2.31. The molecule has 0 aliphatic rings. The van der Waals surface area contributed by atoms with E-state index in [2.05, 4.69) is 10.2 Å². The molecule has 2 aromatic rings. The van der Waals surface area contributed by atoms with Crippen LogP contribution in [-0.4, -0.2) is 21.3 Å². The lowest BCUT2D eigenvalue weighted by atomic mass is 10.1. The molecule has 0 radical (unpaired) electrons. The van der Waals surface area contributed by atoms with Gasteiger partial charge >= 0.3 is 5.97 Å². The summed E-state index contributed by atoms with van der Waals surface area (Å²) in [5.74, 6) is -3.06. The monoisotopic (exact) mass is 238 g/mol. The van der Waals surface area contributed by atoms with Crippen LogP contribution in [0.5, 0.6) is 0 Å². The van der Waals surface area contributed by atoms with Crippen molar-refractivity contribution in [2.75, 3.05) is 0 Å². The van der Waals surface area contributed by atoms with E-state index in [0.29, 0.717) is 5.56 Å². The molecule has 0 unspecified atom stereocenters. The fourth-order valence-electron chi connectivity index (χ4n) is 1.45. The highest BCUT2D eigenvalue weighted by Gasteiger charge is 2.13. The molecule has 0 saturated carbocycles. The third kappa shape index (κ3) is 2.01. The van der Waals surface area contributed by atoms with Crippen molar-refractivity contribution in [3.8, 4) is 11.3 Å². The van der Waals surface area contributed by atoms with E-state index >= 15 is 0 Å². The summed E-state index contributed by atoms with van der Waals surface area (Å²) in [5.41, 5.74) is 0.608. The first-order valence-corrected chi connectivity index (χ1v) is 4.73. The van der Waals surface area contributed by atoms with Gasteiger partial charge in [0.25, 0.3) is 0 Å². The van der Waals surface area contributed by atoms with Crippen LogP contribution in [0.4, 0.5) is 8.78 Å². The molecule has 0 spiro atoms. The van der Waals surface area contributed by atoms with Crippen LogP contribution in [0.2, 0.25) is 0 Å². The van der Waals surface area contributed by atoms with Crippen molar-refractivity contribution < 1.29 is 18.7 Å². The number of aryl methyl sites for hydroxylation is 1. The highest BCUT2D eigenvalue weighted by Crippen LogP contribution is 2.22. The third-order valence-corrected chi connectivity index (χ3v) is 2.31. The average molecular weight is 238 g/mol. The van der Waals surface area contributed by atoms with Crippen LogP contribution >= 0.6 is 0 Å². The topological polar surface area (TPSA) is 66.0 Å². The Morgan fingerprint density at radius 1 is 1.35 bits per heavy atom. The number of aromatic carboxylic acids is 1. The number of nitrogens with zero attached hydrogens (tertiary/aromatic N) is 1. The van der Waals surface area contributed by atoms with E-state index in [1.165, 1.54) is 19.1 Å². The highest BCUT2D eigenvalue weighted by molar-refractivity contribution is 5.86. The number of carboxylic acids is 1. The number of carbonyl (C=O) groups is 1. The number of H-pyrrole nitrogens is 1. The molecule has 1 aromatic carbocycles. The van der Waals surface area contributed by atoms with Crippen LogP contribution in [-0.2, 0) is 0 Å². The number of benzene rings is 1. The molecule has 17 heavy (non-hydrogen) atoms. The second-order valence-electron chi connectivity index (χ2n) is 3.56. The zero-order valence-corrected chi connectivity index (χ0v) is 8.79. The van der Waals surface area contributed by atoms with Crippen LogP contribution in [0.15, 0.2) is 18.2 Å². The molecule has 0 fully saturated rings. The standard InChI is InChI=1S/C11H8F2N2O2/c1-5-2-6(3-7(12)10(5)13)8-4-9(11(16)17)15-14-8/h2-4H,1H3,(H,14,15)(H,16,17). The van der Waals surface area contributed by atoms with Crippen LogP contribution in [0.1, 0.15) is 16.1 Å². The van der Waals surface area contributed by atoms with Gasteiger partial charge in [-0.05, 0) is 30.7 Å². The van der Waals surface area contributed by atoms with Crippen molar-refractivity contribution in [2.45, 2.75) is 6.92 Å². The SMILES string of the molecule is Cc1cc(-c2cc(C(=O)O)[nH]n2)cc(F)c1F. The van der Waals surface area contributed by atoms with Gasteiger partial charge in [-0.3, -0.25) is 5.10 Å². The van der Waals surface area contributed by atoms with E-state index in [1.54, 1.807) is 0 Å². The van der Waals surface area contributed by atoms with Gasteiger partial charge in [0.15, 0.2) is 11.6 Å². The number of hydrogen-bond acceptors (Lipinski definition) is 2. The first-order chi connectivity index (χ1) is 7.99. The minimum atomic E-state index is -1.16. The molecule has 0 amide bonds. The fourth-order valence-corrected chi connectivity index (χ4v) is 1.45. The molecule has 0 aliphatic carbocycles. The molecule has 1 heterocycles. The predicted octanol–water partition coefficient (Wildman–Crippen LogP) is 2.36. The summed E-state index contributed by atoms with van der Waals surface area (Å²) in [6, 6.07) is 3.64. The van der Waals surface area contributed by atoms with Crippen LogP contribution in [0, 0.1) is 18.6 Å². The number of halogens is 2. The Hall–Kier alpha value is -2.24. The summed E-state index contributed by atoms with van der Waals surface area (Å²) < 4.78 is 26.2. The Kier molecular flexibility index (Phi) is 2.63. The lowest BCUT2D eigenvalue weighted by Gasteiger charge is -2.01. The van der Waals surface area contributed by atoms with Gasteiger partial charge in [0.2, 0.25) is 0 Å². The number of nitrogens with one attached hydrogen (secondary N) is 1. The van der Waals surface area contributed by atoms with Crippen molar-refractivity contribution >= 4 is 5.97 Å². The first kappa shape index (κ1) is 11.3. The molecule has 1 aromatic heterocycles. The van der Waals surface area contributed by atoms with E-state index < -0.39 is 17.6 Å².